The molecule has 0 radical (unpaired) electrons. The average molecular weight is 147 g/mol. The van der Waals surface area contributed by atoms with E-state index < -0.39 is 6.04 Å². The molecule has 0 bridgehead atoms. The molecule has 0 spiro atoms. The van der Waals surface area contributed by atoms with Crippen LogP contribution in [0.3, 0.4) is 0 Å². The van der Waals surface area contributed by atoms with Gasteiger partial charge >= 0.3 is 0 Å². The van der Waals surface area contributed by atoms with Crippen LogP contribution in [0.4, 0.5) is 0 Å². The highest BCUT2D eigenvalue weighted by Crippen LogP contribution is 1.98. The molecule has 1 rings (SSSR count). The van der Waals surface area contributed by atoms with Crippen molar-refractivity contribution in [1.29, 1.82) is 5.26 Å². The molecule has 0 amide bonds. The highest BCUT2D eigenvalue weighted by molar-refractivity contribution is 5.12. The first kappa shape index (κ1) is 7.70. The van der Waals surface area contributed by atoms with Gasteiger partial charge in [-0.3, -0.25) is 4.98 Å². The third-order valence-electron chi connectivity index (χ3n) is 1.34. The van der Waals surface area contributed by atoms with Gasteiger partial charge in [0.1, 0.15) is 0 Å². The van der Waals surface area contributed by atoms with Gasteiger partial charge < -0.3 is 5.73 Å². The number of hydrogen-bond acceptors (Lipinski definition) is 3. The van der Waals surface area contributed by atoms with E-state index in [1.54, 1.807) is 12.4 Å². The number of nitriles is 1. The number of rotatable bonds is 2. The SMILES string of the molecule is N#C[C@@H](N)Cc1cccnc1. The van der Waals surface area contributed by atoms with Crippen LogP contribution in [0, 0.1) is 11.3 Å². The van der Waals surface area contributed by atoms with Gasteiger partial charge in [0.05, 0.1) is 12.1 Å². The molecule has 3 heteroatoms. The molecule has 1 atom stereocenters. The summed E-state index contributed by atoms with van der Waals surface area (Å²) in [6.07, 6.45) is 3.99. The first-order chi connectivity index (χ1) is 5.33. The first-order valence-electron chi connectivity index (χ1n) is 3.37. The van der Waals surface area contributed by atoms with Crippen molar-refractivity contribution in [3.05, 3.63) is 30.1 Å². The van der Waals surface area contributed by atoms with Crippen LogP contribution in [-0.4, -0.2) is 11.0 Å². The Hall–Kier alpha value is -1.40. The van der Waals surface area contributed by atoms with E-state index >= 15 is 0 Å². The molecular formula is C8H9N3. The maximum Gasteiger partial charge on any atom is 0.0969 e. The monoisotopic (exact) mass is 147 g/mol. The van der Waals surface area contributed by atoms with Crippen molar-refractivity contribution in [2.75, 3.05) is 0 Å². The summed E-state index contributed by atoms with van der Waals surface area (Å²) in [6, 6.07) is 5.29. The molecule has 2 N–H and O–H groups in total. The summed E-state index contributed by atoms with van der Waals surface area (Å²) in [7, 11) is 0. The molecule has 0 aliphatic rings. The Balaban J connectivity index is 2.60. The molecule has 1 aromatic heterocycles. The third-order valence-corrected chi connectivity index (χ3v) is 1.34. The normalized spacial score (nSPS) is 12.0. The largest absolute Gasteiger partial charge is 0.316 e. The number of pyridine rings is 1. The molecule has 11 heavy (non-hydrogen) atoms. The number of nitrogens with two attached hydrogens (primary N) is 1. The average Bonchev–Trinajstić information content (AvgIpc) is 2.06. The third kappa shape index (κ3) is 2.36. The van der Waals surface area contributed by atoms with Crippen molar-refractivity contribution in [2.45, 2.75) is 12.5 Å². The molecule has 3 nitrogen and oxygen atoms in total. The van der Waals surface area contributed by atoms with E-state index in [1.807, 2.05) is 18.2 Å². The zero-order valence-corrected chi connectivity index (χ0v) is 6.07. The summed E-state index contributed by atoms with van der Waals surface area (Å²) in [4.78, 5) is 3.91. The van der Waals surface area contributed by atoms with E-state index in [1.165, 1.54) is 0 Å². The van der Waals surface area contributed by atoms with Crippen LogP contribution in [-0.2, 0) is 6.42 Å². The van der Waals surface area contributed by atoms with Crippen LogP contribution >= 0.6 is 0 Å². The molecule has 0 saturated carbocycles. The lowest BCUT2D eigenvalue weighted by Gasteiger charge is -2.00. The Kier molecular flexibility index (Phi) is 2.59. The van der Waals surface area contributed by atoms with E-state index in [-0.39, 0.29) is 0 Å². The molecule has 0 fully saturated rings. The smallest absolute Gasteiger partial charge is 0.0969 e. The molecule has 0 aromatic carbocycles. The van der Waals surface area contributed by atoms with Gasteiger partial charge in [-0.25, -0.2) is 0 Å². The summed E-state index contributed by atoms with van der Waals surface area (Å²) < 4.78 is 0. The fraction of sp³-hybridized carbons (Fsp3) is 0.250. The van der Waals surface area contributed by atoms with Gasteiger partial charge in [-0.15, -0.1) is 0 Å². The Morgan fingerprint density at radius 2 is 2.55 bits per heavy atom. The zero-order valence-electron chi connectivity index (χ0n) is 6.07. The van der Waals surface area contributed by atoms with Crippen LogP contribution < -0.4 is 5.73 Å². The van der Waals surface area contributed by atoms with E-state index in [9.17, 15) is 0 Å². The van der Waals surface area contributed by atoms with Crippen LogP contribution in [0.15, 0.2) is 24.5 Å². The van der Waals surface area contributed by atoms with Crippen LogP contribution in [0.2, 0.25) is 0 Å². The molecule has 0 aliphatic carbocycles. The lowest BCUT2D eigenvalue weighted by molar-refractivity contribution is 0.819. The van der Waals surface area contributed by atoms with Crippen LogP contribution in [0.1, 0.15) is 5.56 Å². The summed E-state index contributed by atoms with van der Waals surface area (Å²) in [5, 5.41) is 8.40. The van der Waals surface area contributed by atoms with Gasteiger partial charge in [-0.1, -0.05) is 6.07 Å². The molecule has 0 saturated heterocycles. The Labute approximate surface area is 65.5 Å². The Morgan fingerprint density at radius 1 is 1.73 bits per heavy atom. The maximum absolute atomic E-state index is 8.40. The summed E-state index contributed by atoms with van der Waals surface area (Å²) in [5.74, 6) is 0. The zero-order chi connectivity index (χ0) is 8.10. The van der Waals surface area contributed by atoms with Gasteiger partial charge in [0.2, 0.25) is 0 Å². The minimum Gasteiger partial charge on any atom is -0.316 e. The quantitative estimate of drug-likeness (QED) is 0.661. The van der Waals surface area contributed by atoms with Crippen molar-refractivity contribution >= 4 is 0 Å². The van der Waals surface area contributed by atoms with Gasteiger partial charge in [0.15, 0.2) is 0 Å². The van der Waals surface area contributed by atoms with Gasteiger partial charge in [-0.05, 0) is 11.6 Å². The summed E-state index contributed by atoms with van der Waals surface area (Å²) >= 11 is 0. The van der Waals surface area contributed by atoms with Gasteiger partial charge in [0, 0.05) is 18.8 Å². The van der Waals surface area contributed by atoms with Crippen molar-refractivity contribution in [3.63, 3.8) is 0 Å². The minimum absolute atomic E-state index is 0.417. The molecule has 0 aliphatic heterocycles. The second-order valence-corrected chi connectivity index (χ2v) is 2.30. The van der Waals surface area contributed by atoms with Gasteiger partial charge in [0.25, 0.3) is 0 Å². The topological polar surface area (TPSA) is 62.7 Å². The van der Waals surface area contributed by atoms with E-state index in [0.717, 1.165) is 5.56 Å². The number of nitrogens with zero attached hydrogens (tertiary/aromatic N) is 2. The van der Waals surface area contributed by atoms with Crippen LogP contribution in [0.25, 0.3) is 0 Å². The second kappa shape index (κ2) is 3.69. The fourth-order valence-corrected chi connectivity index (χ4v) is 0.818. The van der Waals surface area contributed by atoms with Crippen molar-refractivity contribution in [1.82, 2.24) is 4.98 Å². The van der Waals surface area contributed by atoms with Crippen LogP contribution in [0.5, 0.6) is 0 Å². The number of hydrogen-bond donors (Lipinski definition) is 1. The molecule has 1 heterocycles. The van der Waals surface area contributed by atoms with Crippen molar-refractivity contribution < 1.29 is 0 Å². The lowest BCUT2D eigenvalue weighted by Crippen LogP contribution is -2.19. The summed E-state index contributed by atoms with van der Waals surface area (Å²) in [6.45, 7) is 0. The second-order valence-electron chi connectivity index (χ2n) is 2.30. The number of aromatic nitrogens is 1. The fourth-order valence-electron chi connectivity index (χ4n) is 0.818. The van der Waals surface area contributed by atoms with Crippen molar-refractivity contribution in [3.8, 4) is 6.07 Å². The van der Waals surface area contributed by atoms with E-state index in [4.69, 9.17) is 11.0 Å². The minimum atomic E-state index is -0.417. The maximum atomic E-state index is 8.40. The highest BCUT2D eigenvalue weighted by Gasteiger charge is 2.00. The predicted octanol–water partition coefficient (Wildman–Crippen LogP) is 0.475. The predicted molar refractivity (Wildman–Crippen MR) is 41.5 cm³/mol. The Bertz CT molecular complexity index is 250. The molecular weight excluding hydrogens is 138 g/mol. The van der Waals surface area contributed by atoms with Gasteiger partial charge in [-0.2, -0.15) is 5.26 Å². The van der Waals surface area contributed by atoms with Crippen molar-refractivity contribution in [2.24, 2.45) is 5.73 Å². The first-order valence-corrected chi connectivity index (χ1v) is 3.37. The molecule has 0 unspecified atom stereocenters. The lowest BCUT2D eigenvalue weighted by atomic mass is 10.1. The standard InChI is InChI=1S/C8H9N3/c9-5-8(10)4-7-2-1-3-11-6-7/h1-3,6,8H,4,10H2/t8-/m0/s1. The summed E-state index contributed by atoms with van der Waals surface area (Å²) in [5.41, 5.74) is 6.42. The van der Waals surface area contributed by atoms with E-state index in [0.29, 0.717) is 6.42 Å². The molecule has 56 valence electrons. The van der Waals surface area contributed by atoms with E-state index in [2.05, 4.69) is 4.98 Å². The highest BCUT2D eigenvalue weighted by atomic mass is 14.6. The Morgan fingerprint density at radius 3 is 3.09 bits per heavy atom. The molecule has 1 aromatic rings.